The van der Waals surface area contributed by atoms with Crippen molar-refractivity contribution < 1.29 is 4.79 Å². The predicted octanol–water partition coefficient (Wildman–Crippen LogP) is 2.74. The van der Waals surface area contributed by atoms with Crippen molar-refractivity contribution in [1.82, 2.24) is 19.8 Å². The second-order valence-corrected chi connectivity index (χ2v) is 10.6. The summed E-state index contributed by atoms with van der Waals surface area (Å²) in [6.45, 7) is 0.00506. The van der Waals surface area contributed by atoms with Gasteiger partial charge in [0.15, 0.2) is 0 Å². The maximum atomic E-state index is 13.9. The number of rotatable bonds is 10. The molecule has 1 heterocycles. The molecule has 5 aromatic rings. The van der Waals surface area contributed by atoms with E-state index in [1.807, 2.05) is 104 Å². The molecule has 5 rings (SSSR count). The van der Waals surface area contributed by atoms with Crippen LogP contribution in [0.15, 0.2) is 131 Å². The van der Waals surface area contributed by atoms with Gasteiger partial charge in [-0.15, -0.1) is 0 Å². The molecule has 1 aromatic heterocycles. The number of nitrogens with one attached hydrogen (secondary N) is 2. The smallest absolute Gasteiger partial charge is 0.275 e. The van der Waals surface area contributed by atoms with E-state index in [2.05, 4.69) is 34.9 Å². The fourth-order valence-electron chi connectivity index (χ4n) is 5.44. The van der Waals surface area contributed by atoms with Gasteiger partial charge in [-0.2, -0.15) is 0 Å². The maximum absolute atomic E-state index is 13.9. The van der Waals surface area contributed by atoms with Gasteiger partial charge in [0.25, 0.3) is 11.1 Å². The summed E-state index contributed by atoms with van der Waals surface area (Å²) >= 11 is 0. The summed E-state index contributed by atoms with van der Waals surface area (Å²) in [7, 11) is 3.45. The highest BCUT2D eigenvalue weighted by molar-refractivity contribution is 5.75. The van der Waals surface area contributed by atoms with Crippen molar-refractivity contribution in [1.29, 1.82) is 0 Å². The van der Waals surface area contributed by atoms with Crippen molar-refractivity contribution in [3.8, 4) is 0 Å². The second-order valence-electron chi connectivity index (χ2n) is 10.6. The Hall–Kier alpha value is -5.27. The molecule has 1 unspecified atom stereocenters. The molecule has 0 fully saturated rings. The van der Waals surface area contributed by atoms with E-state index in [1.165, 1.54) is 9.13 Å². The maximum Gasteiger partial charge on any atom is 0.275 e. The van der Waals surface area contributed by atoms with Crippen LogP contribution in [0.1, 0.15) is 28.2 Å². The predicted molar refractivity (Wildman–Crippen MR) is 176 cm³/mol. The van der Waals surface area contributed by atoms with Crippen molar-refractivity contribution in [2.75, 3.05) is 13.6 Å². The van der Waals surface area contributed by atoms with Gasteiger partial charge in [0.1, 0.15) is 17.2 Å². The van der Waals surface area contributed by atoms with Gasteiger partial charge in [-0.3, -0.25) is 19.0 Å². The molecule has 0 saturated heterocycles. The van der Waals surface area contributed by atoms with E-state index < -0.39 is 5.56 Å². The summed E-state index contributed by atoms with van der Waals surface area (Å²) < 4.78 is 2.62. The fourth-order valence-corrected chi connectivity index (χ4v) is 5.44. The molecule has 0 aliphatic heterocycles. The molecule has 1 atom stereocenters. The summed E-state index contributed by atoms with van der Waals surface area (Å²) in [4.78, 5) is 41.1. The first-order chi connectivity index (χ1) is 21.5. The SMILES string of the molecule is CNC(CNC(=O)Cn1c(=O)/c(=C/c2ccccc2)n(C)c(=O)/c1=C/c1ccccc1)C(c1ccccc1)c1ccccc1. The van der Waals surface area contributed by atoms with E-state index in [4.69, 9.17) is 0 Å². The van der Waals surface area contributed by atoms with Crippen LogP contribution in [-0.2, 0) is 18.4 Å². The lowest BCUT2D eigenvalue weighted by molar-refractivity contribution is -0.121. The summed E-state index contributed by atoms with van der Waals surface area (Å²) in [6, 6.07) is 38.8. The Labute approximate surface area is 256 Å². The molecule has 1 amide bonds. The third-order valence-corrected chi connectivity index (χ3v) is 7.76. The zero-order valence-corrected chi connectivity index (χ0v) is 24.9. The second kappa shape index (κ2) is 14.3. The molecule has 0 bridgehead atoms. The average molecular weight is 585 g/mol. The summed E-state index contributed by atoms with van der Waals surface area (Å²) in [6.07, 6.45) is 3.33. The van der Waals surface area contributed by atoms with Crippen LogP contribution in [0.4, 0.5) is 0 Å². The molecule has 7 nitrogen and oxygen atoms in total. The Morgan fingerprint density at radius 1 is 0.682 bits per heavy atom. The molecule has 4 aromatic carbocycles. The van der Waals surface area contributed by atoms with Crippen molar-refractivity contribution in [3.05, 3.63) is 175 Å². The van der Waals surface area contributed by atoms with Gasteiger partial charge >= 0.3 is 0 Å². The third-order valence-electron chi connectivity index (χ3n) is 7.76. The van der Waals surface area contributed by atoms with Gasteiger partial charge < -0.3 is 15.2 Å². The molecule has 0 aliphatic carbocycles. The first kappa shape index (κ1) is 30.2. The van der Waals surface area contributed by atoms with E-state index in [0.29, 0.717) is 6.54 Å². The van der Waals surface area contributed by atoms with E-state index in [9.17, 15) is 14.4 Å². The largest absolute Gasteiger partial charge is 0.353 e. The van der Waals surface area contributed by atoms with Crippen LogP contribution in [0.25, 0.3) is 12.2 Å². The highest BCUT2D eigenvalue weighted by atomic mass is 16.2. The normalized spacial score (nSPS) is 12.8. The topological polar surface area (TPSA) is 85.1 Å². The number of aromatic nitrogens is 2. The van der Waals surface area contributed by atoms with Gasteiger partial charge in [-0.05, 0) is 41.5 Å². The Morgan fingerprint density at radius 3 is 1.61 bits per heavy atom. The highest BCUT2D eigenvalue weighted by Crippen LogP contribution is 2.27. The monoisotopic (exact) mass is 584 g/mol. The fraction of sp³-hybridized carbons (Fsp3) is 0.162. The van der Waals surface area contributed by atoms with Gasteiger partial charge in [-0.1, -0.05) is 121 Å². The zero-order chi connectivity index (χ0) is 30.9. The van der Waals surface area contributed by atoms with Gasteiger partial charge in [0.05, 0.1) is 0 Å². The van der Waals surface area contributed by atoms with E-state index in [0.717, 1.165) is 22.3 Å². The van der Waals surface area contributed by atoms with E-state index in [-0.39, 0.29) is 40.7 Å². The lowest BCUT2D eigenvalue weighted by Gasteiger charge is -2.28. The number of carbonyl (C=O) groups excluding carboxylic acids is 1. The van der Waals surface area contributed by atoms with Crippen molar-refractivity contribution >= 4 is 18.1 Å². The summed E-state index contributed by atoms with van der Waals surface area (Å²) in [5, 5.41) is 6.74. The minimum Gasteiger partial charge on any atom is -0.353 e. The number of amides is 1. The number of hydrogen-bond acceptors (Lipinski definition) is 4. The van der Waals surface area contributed by atoms with Crippen molar-refractivity contribution in [2.45, 2.75) is 18.5 Å². The van der Waals surface area contributed by atoms with Gasteiger partial charge in [0, 0.05) is 25.6 Å². The summed E-state index contributed by atoms with van der Waals surface area (Å²) in [5.74, 6) is -0.391. The summed E-state index contributed by atoms with van der Waals surface area (Å²) in [5.41, 5.74) is 2.98. The molecule has 0 saturated carbocycles. The van der Waals surface area contributed by atoms with Gasteiger partial charge in [-0.25, -0.2) is 0 Å². The molecule has 222 valence electrons. The molecule has 0 spiro atoms. The minimum absolute atomic E-state index is 0.0245. The molecule has 0 aliphatic rings. The lowest BCUT2D eigenvalue weighted by Crippen LogP contribution is -2.58. The third kappa shape index (κ3) is 7.02. The number of carbonyl (C=O) groups is 1. The first-order valence-corrected chi connectivity index (χ1v) is 14.6. The lowest BCUT2D eigenvalue weighted by atomic mass is 9.85. The van der Waals surface area contributed by atoms with Crippen LogP contribution < -0.4 is 32.5 Å². The Balaban J connectivity index is 1.51. The number of benzene rings is 4. The Morgan fingerprint density at radius 2 is 1.14 bits per heavy atom. The number of hydrogen-bond donors (Lipinski definition) is 2. The van der Waals surface area contributed by atoms with Crippen LogP contribution in [-0.4, -0.2) is 34.7 Å². The molecular formula is C37H36N4O3. The number of nitrogens with zero attached hydrogens (tertiary/aromatic N) is 2. The minimum atomic E-state index is -0.426. The molecule has 2 N–H and O–H groups in total. The van der Waals surface area contributed by atoms with Crippen LogP contribution in [0.2, 0.25) is 0 Å². The van der Waals surface area contributed by atoms with Crippen molar-refractivity contribution in [3.63, 3.8) is 0 Å². The molecule has 7 heteroatoms. The van der Waals surface area contributed by atoms with E-state index >= 15 is 0 Å². The zero-order valence-electron chi connectivity index (χ0n) is 24.9. The standard InChI is InChI=1S/C37H36N4O3/c1-38-31(35(29-19-11-5-12-20-29)30-21-13-6-14-22-30)25-39-34(42)26-41-33(24-28-17-9-4-10-18-28)36(43)40(2)32(37(41)44)23-27-15-7-3-8-16-27/h3-24,31,35,38H,25-26H2,1-2H3,(H,39,42)/b32-23-,33-24-. The highest BCUT2D eigenvalue weighted by Gasteiger charge is 2.24. The Bertz CT molecular complexity index is 1900. The molecule has 0 radical (unpaired) electrons. The molecule has 44 heavy (non-hydrogen) atoms. The van der Waals surface area contributed by atoms with Crippen LogP contribution in [0, 0.1) is 0 Å². The Kier molecular flexibility index (Phi) is 9.79. The van der Waals surface area contributed by atoms with Crippen LogP contribution in [0.3, 0.4) is 0 Å². The molecular weight excluding hydrogens is 548 g/mol. The van der Waals surface area contributed by atoms with Gasteiger partial charge in [0.2, 0.25) is 5.91 Å². The number of likely N-dealkylation sites (N-methyl/N-ethyl adjacent to an activating group) is 1. The van der Waals surface area contributed by atoms with E-state index in [1.54, 1.807) is 19.2 Å². The van der Waals surface area contributed by atoms with Crippen LogP contribution >= 0.6 is 0 Å². The quantitative estimate of drug-likeness (QED) is 0.265. The van der Waals surface area contributed by atoms with Crippen molar-refractivity contribution in [2.24, 2.45) is 7.05 Å². The average Bonchev–Trinajstić information content (AvgIpc) is 3.07. The first-order valence-electron chi connectivity index (χ1n) is 14.6. The van der Waals surface area contributed by atoms with Crippen LogP contribution in [0.5, 0.6) is 0 Å².